The van der Waals surface area contributed by atoms with Crippen molar-refractivity contribution in [1.29, 1.82) is 0 Å². The van der Waals surface area contributed by atoms with Gasteiger partial charge in [-0.25, -0.2) is 0 Å². The first kappa shape index (κ1) is 10.1. The molecule has 2 fully saturated rings. The van der Waals surface area contributed by atoms with Gasteiger partial charge < -0.3 is 4.90 Å². The van der Waals surface area contributed by atoms with E-state index in [-0.39, 0.29) is 0 Å². The molecule has 1 nitrogen and oxygen atoms in total. The Balaban J connectivity index is 1.67. The van der Waals surface area contributed by atoms with Crippen molar-refractivity contribution in [2.75, 3.05) is 19.6 Å². The molecule has 1 saturated heterocycles. The van der Waals surface area contributed by atoms with Crippen molar-refractivity contribution in [3.05, 3.63) is 0 Å². The molecule has 0 bridgehead atoms. The highest BCUT2D eigenvalue weighted by atomic mass is 15.1. The zero-order chi connectivity index (χ0) is 9.80. The number of hydrogen-bond acceptors (Lipinski definition) is 1. The fraction of sp³-hybridized carbons (Fsp3) is 0.846. The first-order valence-electron chi connectivity index (χ1n) is 6.06. The smallest absolute Gasteiger partial charge is 0.0214 e. The highest BCUT2D eigenvalue weighted by Gasteiger charge is 2.29. The summed E-state index contributed by atoms with van der Waals surface area (Å²) in [4.78, 5) is 2.54. The highest BCUT2D eigenvalue weighted by Crippen LogP contribution is 2.38. The molecule has 1 heteroatoms. The van der Waals surface area contributed by atoms with Crippen molar-refractivity contribution in [2.45, 2.75) is 38.5 Å². The fourth-order valence-electron chi connectivity index (χ4n) is 2.78. The van der Waals surface area contributed by atoms with Gasteiger partial charge in [0, 0.05) is 13.0 Å². The molecular formula is C13H21N. The fourth-order valence-corrected chi connectivity index (χ4v) is 2.78. The molecule has 14 heavy (non-hydrogen) atoms. The summed E-state index contributed by atoms with van der Waals surface area (Å²) in [6.07, 6.45) is 13.6. The van der Waals surface area contributed by atoms with Crippen molar-refractivity contribution in [1.82, 2.24) is 4.90 Å². The lowest BCUT2D eigenvalue weighted by molar-refractivity contribution is 0.109. The van der Waals surface area contributed by atoms with Gasteiger partial charge in [0.2, 0.25) is 0 Å². The number of likely N-dealkylation sites (tertiary alicyclic amines) is 1. The van der Waals surface area contributed by atoms with E-state index < -0.39 is 0 Å². The maximum Gasteiger partial charge on any atom is 0.0214 e. The average molecular weight is 191 g/mol. The van der Waals surface area contributed by atoms with Crippen LogP contribution in [-0.2, 0) is 0 Å². The molecule has 0 aromatic rings. The molecule has 0 spiro atoms. The van der Waals surface area contributed by atoms with Crippen LogP contribution in [0.3, 0.4) is 0 Å². The standard InChI is InChI=1S/C13H21N/c1-2-3-9-14-10-7-13(8-11-14)12-5-4-6-12/h1,12-13H,3-11H2. The molecule has 0 aromatic carbocycles. The Kier molecular flexibility index (Phi) is 3.48. The highest BCUT2D eigenvalue weighted by molar-refractivity contribution is 4.87. The van der Waals surface area contributed by atoms with E-state index >= 15 is 0 Å². The van der Waals surface area contributed by atoms with E-state index in [0.29, 0.717) is 0 Å². The first-order valence-corrected chi connectivity index (χ1v) is 6.06. The van der Waals surface area contributed by atoms with E-state index in [1.165, 1.54) is 45.2 Å². The molecule has 78 valence electrons. The molecule has 1 heterocycles. The Hall–Kier alpha value is -0.480. The molecule has 0 aromatic heterocycles. The monoisotopic (exact) mass is 191 g/mol. The number of piperidine rings is 1. The summed E-state index contributed by atoms with van der Waals surface area (Å²) in [5.41, 5.74) is 0. The van der Waals surface area contributed by atoms with Crippen LogP contribution in [0.2, 0.25) is 0 Å². The van der Waals surface area contributed by atoms with Crippen molar-refractivity contribution in [2.24, 2.45) is 11.8 Å². The second kappa shape index (κ2) is 4.84. The second-order valence-corrected chi connectivity index (χ2v) is 4.82. The topological polar surface area (TPSA) is 3.24 Å². The van der Waals surface area contributed by atoms with Crippen molar-refractivity contribution >= 4 is 0 Å². The summed E-state index contributed by atoms with van der Waals surface area (Å²) in [6.45, 7) is 3.71. The molecular weight excluding hydrogens is 170 g/mol. The van der Waals surface area contributed by atoms with Crippen LogP contribution in [0.1, 0.15) is 38.5 Å². The molecule has 0 radical (unpaired) electrons. The van der Waals surface area contributed by atoms with Gasteiger partial charge in [-0.3, -0.25) is 0 Å². The van der Waals surface area contributed by atoms with E-state index in [4.69, 9.17) is 6.42 Å². The summed E-state index contributed by atoms with van der Waals surface area (Å²) in [6, 6.07) is 0. The summed E-state index contributed by atoms with van der Waals surface area (Å²) >= 11 is 0. The Morgan fingerprint density at radius 2 is 1.71 bits per heavy atom. The Morgan fingerprint density at radius 3 is 2.21 bits per heavy atom. The minimum atomic E-state index is 0.925. The summed E-state index contributed by atoms with van der Waals surface area (Å²) in [7, 11) is 0. The molecule has 1 aliphatic heterocycles. The van der Waals surface area contributed by atoms with Crippen molar-refractivity contribution < 1.29 is 0 Å². The molecule has 0 atom stereocenters. The number of terminal acetylenes is 1. The summed E-state index contributed by atoms with van der Waals surface area (Å²) in [5.74, 6) is 4.86. The summed E-state index contributed by atoms with van der Waals surface area (Å²) < 4.78 is 0. The van der Waals surface area contributed by atoms with Gasteiger partial charge in [0.05, 0.1) is 0 Å². The molecule has 0 unspecified atom stereocenters. The predicted molar refractivity (Wildman–Crippen MR) is 60.0 cm³/mol. The molecule has 0 amide bonds. The maximum absolute atomic E-state index is 5.28. The van der Waals surface area contributed by atoms with Gasteiger partial charge in [-0.1, -0.05) is 19.3 Å². The third kappa shape index (κ3) is 2.30. The third-order valence-electron chi connectivity index (χ3n) is 4.02. The van der Waals surface area contributed by atoms with Crippen LogP contribution in [0.5, 0.6) is 0 Å². The van der Waals surface area contributed by atoms with Crippen LogP contribution in [0, 0.1) is 24.2 Å². The maximum atomic E-state index is 5.28. The lowest BCUT2D eigenvalue weighted by Crippen LogP contribution is -2.38. The lowest BCUT2D eigenvalue weighted by atomic mass is 9.72. The van der Waals surface area contributed by atoms with Gasteiger partial charge in [-0.05, 0) is 37.8 Å². The normalized spacial score (nSPS) is 25.6. The lowest BCUT2D eigenvalue weighted by Gasteiger charge is -2.39. The second-order valence-electron chi connectivity index (χ2n) is 4.82. The van der Waals surface area contributed by atoms with Gasteiger partial charge in [0.15, 0.2) is 0 Å². The first-order chi connectivity index (χ1) is 6.90. The van der Waals surface area contributed by atoms with Crippen LogP contribution in [0.4, 0.5) is 0 Å². The van der Waals surface area contributed by atoms with E-state index in [1.54, 1.807) is 0 Å². The largest absolute Gasteiger partial charge is 0.302 e. The van der Waals surface area contributed by atoms with Crippen LogP contribution in [-0.4, -0.2) is 24.5 Å². The van der Waals surface area contributed by atoms with Gasteiger partial charge in [0.25, 0.3) is 0 Å². The van der Waals surface area contributed by atoms with Crippen molar-refractivity contribution in [3.8, 4) is 12.3 Å². The molecule has 0 N–H and O–H groups in total. The van der Waals surface area contributed by atoms with Crippen LogP contribution >= 0.6 is 0 Å². The zero-order valence-corrected chi connectivity index (χ0v) is 9.04. The van der Waals surface area contributed by atoms with Crippen LogP contribution in [0.25, 0.3) is 0 Å². The SMILES string of the molecule is C#CCCN1CCC(C2CCC2)CC1. The Morgan fingerprint density at radius 1 is 1.07 bits per heavy atom. The number of rotatable bonds is 3. The van der Waals surface area contributed by atoms with Gasteiger partial charge in [-0.2, -0.15) is 0 Å². The van der Waals surface area contributed by atoms with Gasteiger partial charge >= 0.3 is 0 Å². The quantitative estimate of drug-likeness (QED) is 0.620. The van der Waals surface area contributed by atoms with E-state index in [1.807, 2.05) is 0 Å². The average Bonchev–Trinajstić information content (AvgIpc) is 2.14. The van der Waals surface area contributed by atoms with Gasteiger partial charge in [0.1, 0.15) is 0 Å². The minimum Gasteiger partial charge on any atom is -0.302 e. The zero-order valence-electron chi connectivity index (χ0n) is 9.04. The molecule has 1 saturated carbocycles. The van der Waals surface area contributed by atoms with E-state index in [9.17, 15) is 0 Å². The number of nitrogens with zero attached hydrogens (tertiary/aromatic N) is 1. The Bertz CT molecular complexity index is 204. The minimum absolute atomic E-state index is 0.925. The molecule has 2 aliphatic rings. The van der Waals surface area contributed by atoms with Crippen LogP contribution < -0.4 is 0 Å². The van der Waals surface area contributed by atoms with Crippen LogP contribution in [0.15, 0.2) is 0 Å². The molecule has 1 aliphatic carbocycles. The van der Waals surface area contributed by atoms with E-state index in [2.05, 4.69) is 10.8 Å². The number of hydrogen-bond donors (Lipinski definition) is 0. The summed E-state index contributed by atoms with van der Waals surface area (Å²) in [5, 5.41) is 0. The van der Waals surface area contributed by atoms with Gasteiger partial charge in [-0.15, -0.1) is 12.3 Å². The third-order valence-corrected chi connectivity index (χ3v) is 4.02. The Labute approximate surface area is 87.9 Å². The van der Waals surface area contributed by atoms with Crippen molar-refractivity contribution in [3.63, 3.8) is 0 Å². The molecule has 2 rings (SSSR count). The predicted octanol–water partition coefficient (Wildman–Crippen LogP) is 2.52. The van der Waals surface area contributed by atoms with E-state index in [0.717, 1.165) is 24.8 Å².